The first-order valence-corrected chi connectivity index (χ1v) is 2.71. The summed E-state index contributed by atoms with van der Waals surface area (Å²) in [4.78, 5) is 0. The van der Waals surface area contributed by atoms with Crippen molar-refractivity contribution in [3.8, 4) is 18.3 Å². The maximum Gasteiger partial charge on any atom is 0.140 e. The van der Waals surface area contributed by atoms with E-state index in [2.05, 4.69) is 4.74 Å². The largest absolute Gasteiger partial charge is 0.408 e. The molecule has 0 saturated carbocycles. The highest BCUT2D eigenvalue weighted by atomic mass is 19.1. The second-order valence-corrected chi connectivity index (χ2v) is 1.67. The summed E-state index contributed by atoms with van der Waals surface area (Å²) in [5.74, 6) is 0.174. The first kappa shape index (κ1) is 6.63. The number of benzene rings is 1. The van der Waals surface area contributed by atoms with Gasteiger partial charge in [0.15, 0.2) is 0 Å². The number of rotatable bonds is 1. The molecule has 2 heteroatoms. The molecule has 0 radical (unpaired) electrons. The monoisotopic (exact) mass is 136 g/mol. The lowest BCUT2D eigenvalue weighted by atomic mass is 10.3. The van der Waals surface area contributed by atoms with E-state index < -0.39 is 0 Å². The Hall–Kier alpha value is -1.49. The van der Waals surface area contributed by atoms with Crippen molar-refractivity contribution in [1.29, 1.82) is 0 Å². The molecule has 0 heterocycles. The van der Waals surface area contributed by atoms with Crippen LogP contribution in [-0.4, -0.2) is 0 Å². The fourth-order valence-corrected chi connectivity index (χ4v) is 0.571. The molecule has 0 aromatic heterocycles. The third-order valence-corrected chi connectivity index (χ3v) is 0.990. The van der Waals surface area contributed by atoms with Crippen LogP contribution in [0.1, 0.15) is 0 Å². The molecule has 0 fully saturated rings. The molecule has 0 bridgehead atoms. The SMILES string of the molecule is C#COc1ccc(F)cc1. The number of halogens is 1. The van der Waals surface area contributed by atoms with Crippen molar-refractivity contribution in [1.82, 2.24) is 0 Å². The summed E-state index contributed by atoms with van der Waals surface area (Å²) in [5, 5.41) is 0. The molecule has 50 valence electrons. The molecule has 10 heavy (non-hydrogen) atoms. The molecule has 0 N–H and O–H groups in total. The molecule has 0 unspecified atom stereocenters. The average Bonchev–Trinajstić information content (AvgIpc) is 1.95. The van der Waals surface area contributed by atoms with Crippen LogP contribution < -0.4 is 4.74 Å². The van der Waals surface area contributed by atoms with Crippen molar-refractivity contribution >= 4 is 0 Å². The first-order chi connectivity index (χ1) is 4.83. The van der Waals surface area contributed by atoms with Gasteiger partial charge in [-0.1, -0.05) is 6.42 Å². The lowest BCUT2D eigenvalue weighted by Gasteiger charge is -1.93. The lowest BCUT2D eigenvalue weighted by Crippen LogP contribution is -1.80. The summed E-state index contributed by atoms with van der Waals surface area (Å²) in [6, 6.07) is 5.50. The van der Waals surface area contributed by atoms with Crippen LogP contribution in [0.15, 0.2) is 24.3 Å². The fraction of sp³-hybridized carbons (Fsp3) is 0. The summed E-state index contributed by atoms with van der Waals surface area (Å²) >= 11 is 0. The lowest BCUT2D eigenvalue weighted by molar-refractivity contribution is 0.517. The molecular formula is C8H5FO. The van der Waals surface area contributed by atoms with Crippen molar-refractivity contribution < 1.29 is 9.13 Å². The molecular weight excluding hydrogens is 131 g/mol. The molecule has 0 amide bonds. The maximum absolute atomic E-state index is 12.2. The Labute approximate surface area is 58.4 Å². The Bertz CT molecular complexity index is 245. The van der Waals surface area contributed by atoms with E-state index in [0.29, 0.717) is 5.75 Å². The van der Waals surface area contributed by atoms with E-state index in [1.807, 2.05) is 6.11 Å². The van der Waals surface area contributed by atoms with Gasteiger partial charge in [0.1, 0.15) is 17.7 Å². The smallest absolute Gasteiger partial charge is 0.140 e. The van der Waals surface area contributed by atoms with E-state index in [4.69, 9.17) is 6.42 Å². The van der Waals surface area contributed by atoms with Gasteiger partial charge >= 0.3 is 0 Å². The first-order valence-electron chi connectivity index (χ1n) is 2.71. The van der Waals surface area contributed by atoms with Gasteiger partial charge in [0.05, 0.1) is 0 Å². The minimum atomic E-state index is -0.302. The fourth-order valence-electron chi connectivity index (χ4n) is 0.571. The van der Waals surface area contributed by atoms with Crippen LogP contribution in [0, 0.1) is 18.3 Å². The van der Waals surface area contributed by atoms with Crippen LogP contribution in [0.25, 0.3) is 0 Å². The van der Waals surface area contributed by atoms with Gasteiger partial charge in [-0.25, -0.2) is 4.39 Å². The van der Waals surface area contributed by atoms with Crippen LogP contribution in [-0.2, 0) is 0 Å². The predicted octanol–water partition coefficient (Wildman–Crippen LogP) is 1.80. The van der Waals surface area contributed by atoms with Crippen molar-refractivity contribution in [2.24, 2.45) is 0 Å². The van der Waals surface area contributed by atoms with Crippen molar-refractivity contribution in [3.63, 3.8) is 0 Å². The van der Waals surface area contributed by atoms with Gasteiger partial charge in [0.25, 0.3) is 0 Å². The van der Waals surface area contributed by atoms with Gasteiger partial charge in [-0.3, -0.25) is 0 Å². The summed E-state index contributed by atoms with van der Waals surface area (Å²) in [5.41, 5.74) is 0. The van der Waals surface area contributed by atoms with Gasteiger partial charge in [0, 0.05) is 0 Å². The average molecular weight is 136 g/mol. The minimum absolute atomic E-state index is 0.302. The molecule has 1 rings (SSSR count). The molecule has 0 saturated heterocycles. The predicted molar refractivity (Wildman–Crippen MR) is 35.9 cm³/mol. The molecule has 0 atom stereocenters. The Kier molecular flexibility index (Phi) is 1.91. The topological polar surface area (TPSA) is 9.23 Å². The zero-order valence-electron chi connectivity index (χ0n) is 5.17. The van der Waals surface area contributed by atoms with Gasteiger partial charge < -0.3 is 4.74 Å². The molecule has 0 aliphatic heterocycles. The van der Waals surface area contributed by atoms with Gasteiger partial charge in [-0.05, 0) is 24.3 Å². The second kappa shape index (κ2) is 2.88. The van der Waals surface area contributed by atoms with Crippen molar-refractivity contribution in [2.45, 2.75) is 0 Å². The van der Waals surface area contributed by atoms with Gasteiger partial charge in [-0.15, -0.1) is 0 Å². The summed E-state index contributed by atoms with van der Waals surface area (Å²) < 4.78 is 16.8. The number of terminal acetylenes is 1. The Morgan fingerprint density at radius 2 is 1.90 bits per heavy atom. The highest BCUT2D eigenvalue weighted by Crippen LogP contribution is 2.09. The van der Waals surface area contributed by atoms with Crippen LogP contribution in [0.5, 0.6) is 5.75 Å². The molecule has 0 spiro atoms. The third-order valence-electron chi connectivity index (χ3n) is 0.990. The summed E-state index contributed by atoms with van der Waals surface area (Å²) in [7, 11) is 0. The van der Waals surface area contributed by atoms with E-state index in [9.17, 15) is 4.39 Å². The van der Waals surface area contributed by atoms with Gasteiger partial charge in [-0.2, -0.15) is 0 Å². The standard InChI is InChI=1S/C8H5FO/c1-2-10-8-5-3-7(9)4-6-8/h1,3-6H. The Balaban J connectivity index is 2.81. The van der Waals surface area contributed by atoms with Crippen LogP contribution in [0.3, 0.4) is 0 Å². The minimum Gasteiger partial charge on any atom is -0.408 e. The molecule has 1 nitrogen and oxygen atoms in total. The number of hydrogen-bond acceptors (Lipinski definition) is 1. The zero-order valence-corrected chi connectivity index (χ0v) is 5.17. The normalized spacial score (nSPS) is 8.40. The third kappa shape index (κ3) is 1.49. The Morgan fingerprint density at radius 3 is 2.40 bits per heavy atom. The molecule has 0 aliphatic rings. The molecule has 1 aromatic carbocycles. The quantitative estimate of drug-likeness (QED) is 0.535. The molecule has 1 aromatic rings. The van der Waals surface area contributed by atoms with Crippen molar-refractivity contribution in [3.05, 3.63) is 30.1 Å². The van der Waals surface area contributed by atoms with Crippen LogP contribution >= 0.6 is 0 Å². The highest BCUT2D eigenvalue weighted by molar-refractivity contribution is 5.23. The van der Waals surface area contributed by atoms with Crippen LogP contribution in [0.4, 0.5) is 4.39 Å². The number of hydrogen-bond donors (Lipinski definition) is 0. The Morgan fingerprint density at radius 1 is 1.30 bits per heavy atom. The molecule has 0 aliphatic carbocycles. The van der Waals surface area contributed by atoms with E-state index in [0.717, 1.165) is 0 Å². The van der Waals surface area contributed by atoms with E-state index in [1.165, 1.54) is 24.3 Å². The second-order valence-electron chi connectivity index (χ2n) is 1.67. The van der Waals surface area contributed by atoms with Crippen LogP contribution in [0.2, 0.25) is 0 Å². The summed E-state index contributed by atoms with van der Waals surface area (Å²) in [6.45, 7) is 0. The van der Waals surface area contributed by atoms with Gasteiger partial charge in [0.2, 0.25) is 0 Å². The summed E-state index contributed by atoms with van der Waals surface area (Å²) in [6.07, 6.45) is 6.81. The highest BCUT2D eigenvalue weighted by Gasteiger charge is 1.90. The zero-order chi connectivity index (χ0) is 7.40. The van der Waals surface area contributed by atoms with Crippen molar-refractivity contribution in [2.75, 3.05) is 0 Å². The van der Waals surface area contributed by atoms with E-state index in [-0.39, 0.29) is 5.82 Å². The van der Waals surface area contributed by atoms with E-state index in [1.54, 1.807) is 0 Å². The maximum atomic E-state index is 12.2. The van der Waals surface area contributed by atoms with E-state index >= 15 is 0 Å². The number of ether oxygens (including phenoxy) is 1.